The van der Waals surface area contributed by atoms with Crippen LogP contribution in [-0.2, 0) is 13.1 Å². The van der Waals surface area contributed by atoms with E-state index in [1.54, 1.807) is 29.8 Å². The molecule has 2 heterocycles. The summed E-state index contributed by atoms with van der Waals surface area (Å²) in [5.74, 6) is 1.70. The molecule has 0 aliphatic rings. The number of aryl methyl sites for hydroxylation is 1. The molecule has 0 fully saturated rings. The van der Waals surface area contributed by atoms with Crippen molar-refractivity contribution in [3.8, 4) is 16.3 Å². The number of hydrogen-bond acceptors (Lipinski definition) is 6. The average Bonchev–Trinajstić information content (AvgIpc) is 3.34. The maximum absolute atomic E-state index is 5.21. The van der Waals surface area contributed by atoms with Crippen LogP contribution in [0, 0.1) is 6.92 Å². The van der Waals surface area contributed by atoms with E-state index in [1.165, 1.54) is 0 Å². The smallest absolute Gasteiger partial charge is 0.194 e. The third kappa shape index (κ3) is 5.30. The van der Waals surface area contributed by atoms with Crippen LogP contribution in [0.3, 0.4) is 0 Å². The number of benzene rings is 1. The van der Waals surface area contributed by atoms with Crippen molar-refractivity contribution in [2.24, 2.45) is 4.99 Å². The highest BCUT2D eigenvalue weighted by Gasteiger charge is 2.10. The highest BCUT2D eigenvalue weighted by Crippen LogP contribution is 2.26. The van der Waals surface area contributed by atoms with Crippen LogP contribution in [0.15, 0.2) is 40.0 Å². The minimum absolute atomic E-state index is 0.537. The molecule has 0 atom stereocenters. The number of hydrogen-bond donors (Lipinski definition) is 1. The van der Waals surface area contributed by atoms with E-state index in [9.17, 15) is 0 Å². The van der Waals surface area contributed by atoms with Gasteiger partial charge in [0, 0.05) is 29.9 Å². The molecule has 1 aromatic carbocycles. The molecule has 0 spiro atoms. The van der Waals surface area contributed by atoms with Crippen molar-refractivity contribution in [3.05, 3.63) is 51.4 Å². The SMILES string of the molecule is CCNC(=NCc1csc(-c2ccc(OC)cc2)n1)N(C)Cc1csc(C)n1. The molecular formula is C20H25N5OS2. The fraction of sp³-hybridized carbons (Fsp3) is 0.350. The van der Waals surface area contributed by atoms with Crippen LogP contribution in [0.2, 0.25) is 0 Å². The van der Waals surface area contributed by atoms with Crippen molar-refractivity contribution in [2.45, 2.75) is 26.9 Å². The van der Waals surface area contributed by atoms with E-state index < -0.39 is 0 Å². The fourth-order valence-corrected chi connectivity index (χ4v) is 4.09. The number of rotatable bonds is 7. The average molecular weight is 416 g/mol. The van der Waals surface area contributed by atoms with E-state index in [0.29, 0.717) is 6.54 Å². The molecule has 2 aromatic heterocycles. The second-order valence-corrected chi connectivity index (χ2v) is 8.18. The topological polar surface area (TPSA) is 62.6 Å². The number of ether oxygens (including phenoxy) is 1. The van der Waals surface area contributed by atoms with Crippen LogP contribution in [0.5, 0.6) is 5.75 Å². The Labute approximate surface area is 174 Å². The summed E-state index contributed by atoms with van der Waals surface area (Å²) in [6.07, 6.45) is 0. The normalized spacial score (nSPS) is 11.5. The molecule has 3 aromatic rings. The van der Waals surface area contributed by atoms with Crippen molar-refractivity contribution in [1.82, 2.24) is 20.2 Å². The zero-order valence-corrected chi connectivity index (χ0v) is 18.2. The van der Waals surface area contributed by atoms with Gasteiger partial charge in [0.25, 0.3) is 0 Å². The summed E-state index contributed by atoms with van der Waals surface area (Å²) >= 11 is 3.30. The Morgan fingerprint density at radius 2 is 1.89 bits per heavy atom. The standard InChI is InChI=1S/C20H25N5OS2/c1-5-21-20(25(3)11-17-13-27-14(2)23-17)22-10-16-12-28-19(24-16)15-6-8-18(26-4)9-7-15/h6-9,12-13H,5,10-11H2,1-4H3,(H,21,22). The molecule has 0 saturated carbocycles. The minimum atomic E-state index is 0.537. The van der Waals surface area contributed by atoms with E-state index in [2.05, 4.69) is 32.9 Å². The number of thiazole rings is 2. The summed E-state index contributed by atoms with van der Waals surface area (Å²) in [4.78, 5) is 16.1. The molecule has 28 heavy (non-hydrogen) atoms. The van der Waals surface area contributed by atoms with Crippen molar-refractivity contribution in [1.29, 1.82) is 0 Å². The van der Waals surface area contributed by atoms with Gasteiger partial charge in [0.05, 0.1) is 36.6 Å². The van der Waals surface area contributed by atoms with Gasteiger partial charge in [-0.05, 0) is 38.1 Å². The highest BCUT2D eigenvalue weighted by molar-refractivity contribution is 7.13. The van der Waals surface area contributed by atoms with Crippen LogP contribution in [0.1, 0.15) is 23.3 Å². The van der Waals surface area contributed by atoms with Crippen molar-refractivity contribution in [2.75, 3.05) is 20.7 Å². The van der Waals surface area contributed by atoms with Gasteiger partial charge in [-0.2, -0.15) is 0 Å². The number of nitrogens with one attached hydrogen (secondary N) is 1. The predicted octanol–water partition coefficient (Wildman–Crippen LogP) is 4.18. The molecule has 148 valence electrons. The van der Waals surface area contributed by atoms with Crippen LogP contribution in [0.4, 0.5) is 0 Å². The molecule has 0 aliphatic heterocycles. The lowest BCUT2D eigenvalue weighted by atomic mass is 10.2. The van der Waals surface area contributed by atoms with E-state index in [-0.39, 0.29) is 0 Å². The molecule has 0 amide bonds. The Hall–Kier alpha value is -2.45. The number of aromatic nitrogens is 2. The Morgan fingerprint density at radius 3 is 2.54 bits per heavy atom. The summed E-state index contributed by atoms with van der Waals surface area (Å²) < 4.78 is 5.21. The molecule has 6 nitrogen and oxygen atoms in total. The lowest BCUT2D eigenvalue weighted by Gasteiger charge is -2.21. The first-order valence-electron chi connectivity index (χ1n) is 9.08. The zero-order valence-electron chi connectivity index (χ0n) is 16.6. The minimum Gasteiger partial charge on any atom is -0.497 e. The first-order valence-corrected chi connectivity index (χ1v) is 10.8. The van der Waals surface area contributed by atoms with Gasteiger partial charge in [0.15, 0.2) is 5.96 Å². The fourth-order valence-electron chi connectivity index (χ4n) is 2.67. The lowest BCUT2D eigenvalue weighted by Crippen LogP contribution is -2.38. The van der Waals surface area contributed by atoms with Gasteiger partial charge in [0.1, 0.15) is 10.8 Å². The van der Waals surface area contributed by atoms with E-state index in [1.807, 2.05) is 38.2 Å². The summed E-state index contributed by atoms with van der Waals surface area (Å²) in [5, 5.41) is 9.58. The van der Waals surface area contributed by atoms with Crippen LogP contribution in [-0.4, -0.2) is 41.5 Å². The number of guanidine groups is 1. The van der Waals surface area contributed by atoms with Gasteiger partial charge in [-0.3, -0.25) is 0 Å². The summed E-state index contributed by atoms with van der Waals surface area (Å²) in [6, 6.07) is 7.96. The number of aliphatic imine (C=N–C) groups is 1. The van der Waals surface area contributed by atoms with Crippen molar-refractivity contribution in [3.63, 3.8) is 0 Å². The monoisotopic (exact) mass is 415 g/mol. The predicted molar refractivity (Wildman–Crippen MR) is 117 cm³/mol. The third-order valence-electron chi connectivity index (χ3n) is 4.04. The molecule has 0 unspecified atom stereocenters. The third-order valence-corrected chi connectivity index (χ3v) is 5.80. The number of methoxy groups -OCH3 is 1. The summed E-state index contributed by atoms with van der Waals surface area (Å²) in [6.45, 7) is 6.17. The van der Waals surface area contributed by atoms with Gasteiger partial charge in [-0.25, -0.2) is 15.0 Å². The molecule has 1 N–H and O–H groups in total. The van der Waals surface area contributed by atoms with Crippen LogP contribution < -0.4 is 10.1 Å². The first kappa shape index (κ1) is 20.3. The van der Waals surface area contributed by atoms with E-state index in [4.69, 9.17) is 14.7 Å². The van der Waals surface area contributed by atoms with Crippen LogP contribution in [0.25, 0.3) is 10.6 Å². The highest BCUT2D eigenvalue weighted by atomic mass is 32.1. The Bertz CT molecular complexity index is 917. The van der Waals surface area contributed by atoms with Crippen LogP contribution >= 0.6 is 22.7 Å². The van der Waals surface area contributed by atoms with Gasteiger partial charge >= 0.3 is 0 Å². The van der Waals surface area contributed by atoms with Gasteiger partial charge in [-0.15, -0.1) is 22.7 Å². The van der Waals surface area contributed by atoms with Crippen molar-refractivity contribution >= 4 is 28.6 Å². The maximum Gasteiger partial charge on any atom is 0.194 e. The van der Waals surface area contributed by atoms with Gasteiger partial charge in [0.2, 0.25) is 0 Å². The largest absolute Gasteiger partial charge is 0.497 e. The zero-order chi connectivity index (χ0) is 19.9. The molecular weight excluding hydrogens is 390 g/mol. The molecule has 0 radical (unpaired) electrons. The van der Waals surface area contributed by atoms with Gasteiger partial charge < -0.3 is 15.0 Å². The van der Waals surface area contributed by atoms with Crippen molar-refractivity contribution < 1.29 is 4.74 Å². The second-order valence-electron chi connectivity index (χ2n) is 6.26. The Balaban J connectivity index is 1.67. The maximum atomic E-state index is 5.21. The lowest BCUT2D eigenvalue weighted by molar-refractivity contribution is 0.415. The molecule has 0 aliphatic carbocycles. The molecule has 0 saturated heterocycles. The molecule has 8 heteroatoms. The van der Waals surface area contributed by atoms with Gasteiger partial charge in [-0.1, -0.05) is 0 Å². The molecule has 3 rings (SSSR count). The Kier molecular flexibility index (Phi) is 7.00. The summed E-state index contributed by atoms with van der Waals surface area (Å²) in [5.41, 5.74) is 3.11. The number of nitrogens with zero attached hydrogens (tertiary/aromatic N) is 4. The quantitative estimate of drug-likeness (QED) is 0.463. The molecule has 0 bridgehead atoms. The van der Waals surface area contributed by atoms with E-state index in [0.717, 1.165) is 51.8 Å². The van der Waals surface area contributed by atoms with E-state index >= 15 is 0 Å². The first-order chi connectivity index (χ1) is 13.6. The second kappa shape index (κ2) is 9.66. The summed E-state index contributed by atoms with van der Waals surface area (Å²) in [7, 11) is 3.70. The Morgan fingerprint density at radius 1 is 1.14 bits per heavy atom.